The number of benzene rings is 2. The average molecular weight is 330 g/mol. The van der Waals surface area contributed by atoms with E-state index in [0.717, 1.165) is 24.1 Å². The number of nitrogens with one attached hydrogen (secondary N) is 2. The molecule has 0 fully saturated rings. The van der Waals surface area contributed by atoms with Gasteiger partial charge in [0.25, 0.3) is 0 Å². The Morgan fingerprint density at radius 1 is 1.13 bits per heavy atom. The van der Waals surface area contributed by atoms with E-state index in [1.807, 2.05) is 32.0 Å². The molecule has 5 heteroatoms. The summed E-state index contributed by atoms with van der Waals surface area (Å²) in [5, 5.41) is 3.39. The normalized spacial score (nSPS) is 17.7. The molecule has 0 saturated heterocycles. The predicted molar refractivity (Wildman–Crippen MR) is 92.0 cm³/mol. The molecule has 2 N–H and O–H groups in total. The molecule has 0 radical (unpaired) electrons. The van der Waals surface area contributed by atoms with Crippen molar-refractivity contribution >= 4 is 10.0 Å². The minimum absolute atomic E-state index is 0.0151. The molecular weight excluding hydrogens is 308 g/mol. The Morgan fingerprint density at radius 3 is 2.70 bits per heavy atom. The first-order valence-corrected chi connectivity index (χ1v) is 9.34. The van der Waals surface area contributed by atoms with Gasteiger partial charge in [-0.2, -0.15) is 0 Å². The van der Waals surface area contributed by atoms with E-state index in [9.17, 15) is 8.42 Å². The second kappa shape index (κ2) is 6.43. The van der Waals surface area contributed by atoms with Gasteiger partial charge in [0.1, 0.15) is 0 Å². The first kappa shape index (κ1) is 16.2. The van der Waals surface area contributed by atoms with Crippen LogP contribution in [0.2, 0.25) is 0 Å². The second-order valence-corrected chi connectivity index (χ2v) is 7.82. The van der Waals surface area contributed by atoms with Crippen LogP contribution in [0.4, 0.5) is 0 Å². The van der Waals surface area contributed by atoms with Gasteiger partial charge in [-0.05, 0) is 61.2 Å². The van der Waals surface area contributed by atoms with E-state index in [1.54, 1.807) is 12.1 Å². The van der Waals surface area contributed by atoms with Gasteiger partial charge in [0.15, 0.2) is 0 Å². The largest absolute Gasteiger partial charge is 0.308 e. The summed E-state index contributed by atoms with van der Waals surface area (Å²) >= 11 is 0. The molecule has 4 nitrogen and oxygen atoms in total. The van der Waals surface area contributed by atoms with Crippen molar-refractivity contribution in [1.82, 2.24) is 10.0 Å². The summed E-state index contributed by atoms with van der Waals surface area (Å²) in [5.41, 5.74) is 4.55. The quantitative estimate of drug-likeness (QED) is 0.905. The fraction of sp³-hybridized carbons (Fsp3) is 0.333. The van der Waals surface area contributed by atoms with Crippen LogP contribution in [-0.4, -0.2) is 21.5 Å². The Bertz CT molecular complexity index is 816. The molecule has 1 unspecified atom stereocenters. The highest BCUT2D eigenvalue weighted by Crippen LogP contribution is 2.22. The summed E-state index contributed by atoms with van der Waals surface area (Å²) in [4.78, 5) is 0.324. The zero-order valence-corrected chi connectivity index (χ0v) is 14.3. The summed E-state index contributed by atoms with van der Waals surface area (Å²) in [6.45, 7) is 5.12. The Labute approximate surface area is 138 Å². The van der Waals surface area contributed by atoms with E-state index in [1.165, 1.54) is 11.1 Å². The molecule has 0 amide bonds. The summed E-state index contributed by atoms with van der Waals surface area (Å²) in [6, 6.07) is 13.4. The Balaban J connectivity index is 1.76. The molecule has 2 aromatic carbocycles. The van der Waals surface area contributed by atoms with Crippen molar-refractivity contribution in [2.75, 3.05) is 13.1 Å². The van der Waals surface area contributed by atoms with Gasteiger partial charge in [-0.1, -0.05) is 30.3 Å². The van der Waals surface area contributed by atoms with Gasteiger partial charge in [0, 0.05) is 12.6 Å². The van der Waals surface area contributed by atoms with Crippen LogP contribution in [0, 0.1) is 13.8 Å². The first-order chi connectivity index (χ1) is 11.0. The SMILES string of the molecule is Cc1ccc(S(=O)(=O)NCC2NCCc3ccccc32)cc1C. The lowest BCUT2D eigenvalue weighted by atomic mass is 9.95. The monoisotopic (exact) mass is 330 g/mol. The van der Waals surface area contributed by atoms with Gasteiger partial charge in [0.05, 0.1) is 4.90 Å². The minimum atomic E-state index is -3.49. The maximum absolute atomic E-state index is 12.5. The van der Waals surface area contributed by atoms with Gasteiger partial charge < -0.3 is 5.32 Å². The molecule has 2 aromatic rings. The Hall–Kier alpha value is -1.69. The lowest BCUT2D eigenvalue weighted by molar-refractivity contribution is 0.491. The van der Waals surface area contributed by atoms with Crippen LogP contribution in [0.3, 0.4) is 0 Å². The number of sulfonamides is 1. The minimum Gasteiger partial charge on any atom is -0.308 e. The molecule has 23 heavy (non-hydrogen) atoms. The van der Waals surface area contributed by atoms with Gasteiger partial charge in [0.2, 0.25) is 10.0 Å². The van der Waals surface area contributed by atoms with Crippen LogP contribution < -0.4 is 10.0 Å². The van der Waals surface area contributed by atoms with Gasteiger partial charge in [-0.3, -0.25) is 0 Å². The van der Waals surface area contributed by atoms with E-state index in [2.05, 4.69) is 22.2 Å². The summed E-state index contributed by atoms with van der Waals surface area (Å²) in [5.74, 6) is 0. The van der Waals surface area contributed by atoms with Gasteiger partial charge >= 0.3 is 0 Å². The number of rotatable bonds is 4. The molecule has 1 aliphatic rings. The molecule has 1 heterocycles. The zero-order valence-electron chi connectivity index (χ0n) is 13.5. The van der Waals surface area contributed by atoms with Crippen molar-refractivity contribution in [3.63, 3.8) is 0 Å². The van der Waals surface area contributed by atoms with E-state index in [0.29, 0.717) is 11.4 Å². The van der Waals surface area contributed by atoms with Crippen LogP contribution in [0.25, 0.3) is 0 Å². The van der Waals surface area contributed by atoms with Crippen molar-refractivity contribution in [2.24, 2.45) is 0 Å². The molecule has 0 aromatic heterocycles. The molecule has 0 aliphatic carbocycles. The second-order valence-electron chi connectivity index (χ2n) is 6.05. The van der Waals surface area contributed by atoms with Crippen molar-refractivity contribution in [3.05, 3.63) is 64.7 Å². The van der Waals surface area contributed by atoms with Crippen LogP contribution in [-0.2, 0) is 16.4 Å². The highest BCUT2D eigenvalue weighted by molar-refractivity contribution is 7.89. The van der Waals surface area contributed by atoms with Gasteiger partial charge in [-0.25, -0.2) is 13.1 Å². The van der Waals surface area contributed by atoms with E-state index in [-0.39, 0.29) is 6.04 Å². The summed E-state index contributed by atoms with van der Waals surface area (Å²) in [7, 11) is -3.49. The highest BCUT2D eigenvalue weighted by Gasteiger charge is 2.22. The van der Waals surface area contributed by atoms with Gasteiger partial charge in [-0.15, -0.1) is 0 Å². The van der Waals surface area contributed by atoms with E-state index < -0.39 is 10.0 Å². The van der Waals surface area contributed by atoms with Crippen LogP contribution in [0.15, 0.2) is 47.4 Å². The Morgan fingerprint density at radius 2 is 1.91 bits per heavy atom. The van der Waals surface area contributed by atoms with Crippen LogP contribution >= 0.6 is 0 Å². The van der Waals surface area contributed by atoms with Crippen molar-refractivity contribution in [1.29, 1.82) is 0 Å². The molecule has 0 bridgehead atoms. The number of fused-ring (bicyclic) bond motifs is 1. The molecule has 3 rings (SSSR count). The Kier molecular flexibility index (Phi) is 4.53. The standard InChI is InChI=1S/C18H22N2O2S/c1-13-7-8-16(11-14(13)2)23(21,22)20-12-18-17-6-4-3-5-15(17)9-10-19-18/h3-8,11,18-20H,9-10,12H2,1-2H3. The number of aryl methyl sites for hydroxylation is 2. The maximum atomic E-state index is 12.5. The first-order valence-electron chi connectivity index (χ1n) is 7.85. The predicted octanol–water partition coefficient (Wildman–Crippen LogP) is 2.47. The lowest BCUT2D eigenvalue weighted by Crippen LogP contribution is -2.38. The smallest absolute Gasteiger partial charge is 0.240 e. The molecule has 1 aliphatic heterocycles. The summed E-state index contributed by atoms with van der Waals surface area (Å²) in [6.07, 6.45) is 0.983. The van der Waals surface area contributed by atoms with Crippen molar-refractivity contribution in [2.45, 2.75) is 31.2 Å². The third-order valence-electron chi connectivity index (χ3n) is 4.48. The highest BCUT2D eigenvalue weighted by atomic mass is 32.2. The molecule has 0 spiro atoms. The molecular formula is C18H22N2O2S. The molecule has 122 valence electrons. The third kappa shape index (κ3) is 3.47. The maximum Gasteiger partial charge on any atom is 0.240 e. The van der Waals surface area contributed by atoms with Crippen molar-refractivity contribution < 1.29 is 8.42 Å². The number of hydrogen-bond donors (Lipinski definition) is 2. The van der Waals surface area contributed by atoms with Crippen molar-refractivity contribution in [3.8, 4) is 0 Å². The van der Waals surface area contributed by atoms with E-state index >= 15 is 0 Å². The summed E-state index contributed by atoms with van der Waals surface area (Å²) < 4.78 is 27.8. The lowest BCUT2D eigenvalue weighted by Gasteiger charge is -2.27. The molecule has 1 atom stereocenters. The molecule has 0 saturated carbocycles. The van der Waals surface area contributed by atoms with E-state index in [4.69, 9.17) is 0 Å². The fourth-order valence-corrected chi connectivity index (χ4v) is 4.06. The zero-order chi connectivity index (χ0) is 16.4. The van der Waals surface area contributed by atoms with Crippen LogP contribution in [0.5, 0.6) is 0 Å². The topological polar surface area (TPSA) is 58.2 Å². The third-order valence-corrected chi connectivity index (χ3v) is 5.90. The fourth-order valence-electron chi connectivity index (χ4n) is 2.93. The van der Waals surface area contributed by atoms with Crippen LogP contribution in [0.1, 0.15) is 28.3 Å². The average Bonchev–Trinajstić information content (AvgIpc) is 2.55. The number of hydrogen-bond acceptors (Lipinski definition) is 3.